The second-order valence-electron chi connectivity index (χ2n) is 5.33. The molecule has 1 amide bonds. The molecule has 4 nitrogen and oxygen atoms in total. The van der Waals surface area contributed by atoms with Crippen molar-refractivity contribution in [3.05, 3.63) is 71.2 Å². The highest BCUT2D eigenvalue weighted by atomic mass is 35.5. The number of carboxylic acids is 1. The Kier molecular flexibility index (Phi) is 5.26. The van der Waals surface area contributed by atoms with Gasteiger partial charge in [0.25, 0.3) is 0 Å². The van der Waals surface area contributed by atoms with E-state index in [0.29, 0.717) is 5.69 Å². The van der Waals surface area contributed by atoms with Crippen LogP contribution >= 0.6 is 23.4 Å². The molecule has 0 saturated carbocycles. The van der Waals surface area contributed by atoms with E-state index in [1.807, 2.05) is 42.5 Å². The molecule has 0 unspecified atom stereocenters. The SMILES string of the molecule is O=C(CSc1ccc2ccccc2c1)Nc1ccc(Cl)c(C(=O)[O-])c1. The van der Waals surface area contributed by atoms with E-state index in [2.05, 4.69) is 5.32 Å². The van der Waals surface area contributed by atoms with Crippen LogP contribution in [-0.4, -0.2) is 17.6 Å². The molecule has 6 heteroatoms. The van der Waals surface area contributed by atoms with Gasteiger partial charge in [-0.25, -0.2) is 0 Å². The zero-order valence-corrected chi connectivity index (χ0v) is 14.6. The van der Waals surface area contributed by atoms with Crippen LogP contribution in [0.25, 0.3) is 10.8 Å². The van der Waals surface area contributed by atoms with E-state index in [1.165, 1.54) is 23.9 Å². The summed E-state index contributed by atoms with van der Waals surface area (Å²) in [7, 11) is 0. The fraction of sp³-hybridized carbons (Fsp3) is 0.0526. The van der Waals surface area contributed by atoms with Gasteiger partial charge < -0.3 is 15.2 Å². The third-order valence-electron chi connectivity index (χ3n) is 3.56. The zero-order chi connectivity index (χ0) is 17.8. The van der Waals surface area contributed by atoms with Crippen LogP contribution in [0.15, 0.2) is 65.6 Å². The molecule has 0 aliphatic rings. The van der Waals surface area contributed by atoms with Crippen molar-refractivity contribution in [2.24, 2.45) is 0 Å². The molecule has 0 aromatic heterocycles. The molecule has 0 aliphatic heterocycles. The van der Waals surface area contributed by atoms with Gasteiger partial charge in [-0.3, -0.25) is 4.79 Å². The summed E-state index contributed by atoms with van der Waals surface area (Å²) >= 11 is 7.19. The molecule has 126 valence electrons. The number of rotatable bonds is 5. The molecule has 0 radical (unpaired) electrons. The predicted molar refractivity (Wildman–Crippen MR) is 99.1 cm³/mol. The lowest BCUT2D eigenvalue weighted by Crippen LogP contribution is -2.23. The number of nitrogens with one attached hydrogen (secondary N) is 1. The molecule has 0 fully saturated rings. The second kappa shape index (κ2) is 7.59. The lowest BCUT2D eigenvalue weighted by atomic mass is 10.1. The van der Waals surface area contributed by atoms with E-state index < -0.39 is 5.97 Å². The van der Waals surface area contributed by atoms with Crippen LogP contribution in [0, 0.1) is 0 Å². The van der Waals surface area contributed by atoms with Crippen molar-refractivity contribution in [2.45, 2.75) is 4.90 Å². The summed E-state index contributed by atoms with van der Waals surface area (Å²) in [5.74, 6) is -1.40. The highest BCUT2D eigenvalue weighted by Crippen LogP contribution is 2.24. The third kappa shape index (κ3) is 4.32. The standard InChI is InChI=1S/C19H14ClNO3S/c20-17-8-6-14(10-16(17)19(23)24)21-18(22)11-25-15-7-5-12-3-1-2-4-13(12)9-15/h1-10H,11H2,(H,21,22)(H,23,24)/p-1. The molecule has 1 N–H and O–H groups in total. The summed E-state index contributed by atoms with van der Waals surface area (Å²) < 4.78 is 0. The molecule has 0 aliphatic carbocycles. The number of carboxylic acid groups (broad SMARTS) is 1. The van der Waals surface area contributed by atoms with Gasteiger partial charge in [-0.15, -0.1) is 11.8 Å². The molecular weight excluding hydrogens is 358 g/mol. The van der Waals surface area contributed by atoms with Crippen molar-refractivity contribution in [1.82, 2.24) is 0 Å². The second-order valence-corrected chi connectivity index (χ2v) is 6.78. The average molecular weight is 371 g/mol. The maximum absolute atomic E-state index is 12.1. The van der Waals surface area contributed by atoms with Gasteiger partial charge in [-0.1, -0.05) is 41.9 Å². The highest BCUT2D eigenvalue weighted by Gasteiger charge is 2.07. The van der Waals surface area contributed by atoms with Crippen LogP contribution in [0.3, 0.4) is 0 Å². The minimum Gasteiger partial charge on any atom is -0.545 e. The first-order chi connectivity index (χ1) is 12.0. The Bertz CT molecular complexity index is 958. The summed E-state index contributed by atoms with van der Waals surface area (Å²) in [4.78, 5) is 24.0. The van der Waals surface area contributed by atoms with Crippen LogP contribution in [0.5, 0.6) is 0 Å². The van der Waals surface area contributed by atoms with E-state index in [-0.39, 0.29) is 22.2 Å². The number of benzene rings is 3. The minimum absolute atomic E-state index is 0.0727. The van der Waals surface area contributed by atoms with Crippen molar-refractivity contribution < 1.29 is 14.7 Å². The van der Waals surface area contributed by atoms with Crippen LogP contribution in [0.1, 0.15) is 10.4 Å². The molecule has 0 spiro atoms. The monoisotopic (exact) mass is 370 g/mol. The molecule has 3 aromatic carbocycles. The Balaban J connectivity index is 1.64. The summed E-state index contributed by atoms with van der Waals surface area (Å²) in [6.45, 7) is 0. The van der Waals surface area contributed by atoms with Crippen molar-refractivity contribution >= 4 is 51.7 Å². The van der Waals surface area contributed by atoms with Crippen LogP contribution in [0.2, 0.25) is 5.02 Å². The summed E-state index contributed by atoms with van der Waals surface area (Å²) in [5, 5.41) is 16.0. The Morgan fingerprint density at radius 3 is 2.52 bits per heavy atom. The van der Waals surface area contributed by atoms with E-state index in [1.54, 1.807) is 6.07 Å². The number of anilines is 1. The van der Waals surface area contributed by atoms with Gasteiger partial charge in [0.05, 0.1) is 11.7 Å². The molecule has 3 rings (SSSR count). The molecule has 0 atom stereocenters. The summed E-state index contributed by atoms with van der Waals surface area (Å²) in [6.07, 6.45) is 0. The first-order valence-corrected chi connectivity index (χ1v) is 8.81. The lowest BCUT2D eigenvalue weighted by Gasteiger charge is -2.10. The normalized spacial score (nSPS) is 10.6. The number of hydrogen-bond acceptors (Lipinski definition) is 4. The van der Waals surface area contributed by atoms with Gasteiger partial charge in [0.1, 0.15) is 0 Å². The Hall–Kier alpha value is -2.50. The number of hydrogen-bond donors (Lipinski definition) is 1. The van der Waals surface area contributed by atoms with E-state index in [4.69, 9.17) is 11.6 Å². The maximum atomic E-state index is 12.1. The van der Waals surface area contributed by atoms with Gasteiger partial charge in [-0.2, -0.15) is 0 Å². The fourth-order valence-electron chi connectivity index (χ4n) is 2.36. The fourth-order valence-corrected chi connectivity index (χ4v) is 3.30. The minimum atomic E-state index is -1.38. The number of carbonyl (C=O) groups is 2. The number of thioether (sulfide) groups is 1. The van der Waals surface area contributed by atoms with Gasteiger partial charge >= 0.3 is 0 Å². The predicted octanol–water partition coefficient (Wildman–Crippen LogP) is 3.59. The highest BCUT2D eigenvalue weighted by molar-refractivity contribution is 8.00. The zero-order valence-electron chi connectivity index (χ0n) is 13.0. The van der Waals surface area contributed by atoms with Crippen LogP contribution in [0.4, 0.5) is 5.69 Å². The van der Waals surface area contributed by atoms with Crippen LogP contribution < -0.4 is 10.4 Å². The first kappa shape index (κ1) is 17.3. The molecule has 0 saturated heterocycles. The molecule has 0 bridgehead atoms. The van der Waals surface area contributed by atoms with E-state index >= 15 is 0 Å². The quantitative estimate of drug-likeness (QED) is 0.697. The van der Waals surface area contributed by atoms with Crippen LogP contribution in [-0.2, 0) is 4.79 Å². The largest absolute Gasteiger partial charge is 0.545 e. The Morgan fingerprint density at radius 2 is 1.76 bits per heavy atom. The van der Waals surface area contributed by atoms with Crippen molar-refractivity contribution in [1.29, 1.82) is 0 Å². The molecule has 25 heavy (non-hydrogen) atoms. The summed E-state index contributed by atoms with van der Waals surface area (Å²) in [5.41, 5.74) is 0.217. The number of amides is 1. The smallest absolute Gasteiger partial charge is 0.234 e. The molecular formula is C19H13ClNO3S-. The van der Waals surface area contributed by atoms with Crippen molar-refractivity contribution in [2.75, 3.05) is 11.1 Å². The van der Waals surface area contributed by atoms with Gasteiger partial charge in [0, 0.05) is 21.2 Å². The van der Waals surface area contributed by atoms with Crippen molar-refractivity contribution in [3.8, 4) is 0 Å². The number of aromatic carboxylic acids is 1. The van der Waals surface area contributed by atoms with Gasteiger partial charge in [0.2, 0.25) is 5.91 Å². The van der Waals surface area contributed by atoms with Gasteiger partial charge in [-0.05, 0) is 41.1 Å². The van der Waals surface area contributed by atoms with Crippen molar-refractivity contribution in [3.63, 3.8) is 0 Å². The Morgan fingerprint density at radius 1 is 1.00 bits per heavy atom. The van der Waals surface area contributed by atoms with E-state index in [0.717, 1.165) is 15.7 Å². The first-order valence-electron chi connectivity index (χ1n) is 7.45. The third-order valence-corrected chi connectivity index (χ3v) is 4.88. The topological polar surface area (TPSA) is 69.2 Å². The molecule has 0 heterocycles. The number of carbonyl (C=O) groups excluding carboxylic acids is 2. The van der Waals surface area contributed by atoms with Gasteiger partial charge in [0.15, 0.2) is 0 Å². The molecule has 3 aromatic rings. The number of halogens is 1. The maximum Gasteiger partial charge on any atom is 0.234 e. The number of fused-ring (bicyclic) bond motifs is 1. The average Bonchev–Trinajstić information content (AvgIpc) is 2.61. The Labute approximate surface area is 153 Å². The lowest BCUT2D eigenvalue weighted by molar-refractivity contribution is -0.255. The summed E-state index contributed by atoms with van der Waals surface area (Å²) in [6, 6.07) is 18.3. The van der Waals surface area contributed by atoms with E-state index in [9.17, 15) is 14.7 Å².